The zero-order valence-electron chi connectivity index (χ0n) is 16.7. The number of hydrogen-bond acceptors (Lipinski definition) is 3. The van der Waals surface area contributed by atoms with Crippen LogP contribution in [0.5, 0.6) is 0 Å². The molecule has 2 heterocycles. The Morgan fingerprint density at radius 1 is 0.900 bits per heavy atom. The summed E-state index contributed by atoms with van der Waals surface area (Å²) in [6.07, 6.45) is 3.89. The third-order valence-corrected chi connectivity index (χ3v) is 5.59. The lowest BCUT2D eigenvalue weighted by atomic mass is 10.0. The van der Waals surface area contributed by atoms with Crippen molar-refractivity contribution in [2.24, 2.45) is 0 Å². The van der Waals surface area contributed by atoms with Gasteiger partial charge >= 0.3 is 0 Å². The monoisotopic (exact) mass is 415 g/mol. The molecule has 2 N–H and O–H groups in total. The summed E-state index contributed by atoms with van der Waals surface area (Å²) in [6, 6.07) is 19.2. The smallest absolute Gasteiger partial charge is 0.267 e. The summed E-state index contributed by atoms with van der Waals surface area (Å²) < 4.78 is 1.98. The Morgan fingerprint density at radius 2 is 1.57 bits per heavy atom. The molecule has 0 spiro atoms. The van der Waals surface area contributed by atoms with Crippen LogP contribution in [-0.4, -0.2) is 16.4 Å². The predicted molar refractivity (Wildman–Crippen MR) is 123 cm³/mol. The predicted octanol–water partition coefficient (Wildman–Crippen LogP) is 5.72. The van der Waals surface area contributed by atoms with E-state index in [2.05, 4.69) is 35.8 Å². The molecule has 0 aliphatic heterocycles. The molecule has 2 aromatic heterocycles. The highest BCUT2D eigenvalue weighted by atomic mass is 32.1. The first kappa shape index (κ1) is 19.7. The number of aromatic nitrogens is 1. The minimum atomic E-state index is -0.171. The van der Waals surface area contributed by atoms with Gasteiger partial charge in [0.15, 0.2) is 0 Å². The molecule has 150 valence electrons. The van der Waals surface area contributed by atoms with Crippen molar-refractivity contribution in [1.29, 1.82) is 0 Å². The molecule has 0 unspecified atom stereocenters. The van der Waals surface area contributed by atoms with E-state index in [4.69, 9.17) is 0 Å². The van der Waals surface area contributed by atoms with Crippen LogP contribution in [0.25, 0.3) is 16.8 Å². The van der Waals surface area contributed by atoms with Gasteiger partial charge in [-0.1, -0.05) is 29.8 Å². The van der Waals surface area contributed by atoms with Gasteiger partial charge in [0.05, 0.1) is 5.69 Å². The third-order valence-electron chi connectivity index (χ3n) is 4.63. The second-order valence-electron chi connectivity index (χ2n) is 7.00. The summed E-state index contributed by atoms with van der Waals surface area (Å²) in [6.45, 7) is 3.52. The lowest BCUT2D eigenvalue weighted by Gasteiger charge is -2.11. The zero-order valence-corrected chi connectivity index (χ0v) is 17.5. The number of carbonyl (C=O) groups is 2. The van der Waals surface area contributed by atoms with E-state index in [1.54, 1.807) is 24.3 Å². The van der Waals surface area contributed by atoms with Crippen LogP contribution in [0, 0.1) is 6.92 Å². The molecule has 0 aliphatic rings. The fraction of sp³-hybridized carbons (Fsp3) is 0.0833. The van der Waals surface area contributed by atoms with Gasteiger partial charge in [0.25, 0.3) is 5.91 Å². The van der Waals surface area contributed by atoms with Gasteiger partial charge < -0.3 is 15.2 Å². The van der Waals surface area contributed by atoms with E-state index in [1.807, 2.05) is 40.5 Å². The number of anilines is 2. The lowest BCUT2D eigenvalue weighted by molar-refractivity contribution is -0.114. The minimum Gasteiger partial charge on any atom is -0.326 e. The zero-order chi connectivity index (χ0) is 21.1. The van der Waals surface area contributed by atoms with Gasteiger partial charge in [0.1, 0.15) is 4.88 Å². The number of hydrogen-bond donors (Lipinski definition) is 2. The molecule has 6 heteroatoms. The molecule has 0 fully saturated rings. The Bertz CT molecular complexity index is 1190. The fourth-order valence-corrected chi connectivity index (χ4v) is 4.27. The molecular formula is C24H21N3O2S. The van der Waals surface area contributed by atoms with Crippen LogP contribution in [0.2, 0.25) is 0 Å². The molecule has 30 heavy (non-hydrogen) atoms. The van der Waals surface area contributed by atoms with Crippen LogP contribution in [0.4, 0.5) is 11.4 Å². The summed E-state index contributed by atoms with van der Waals surface area (Å²) in [7, 11) is 0. The normalized spacial score (nSPS) is 10.6. The maximum absolute atomic E-state index is 13.1. The van der Waals surface area contributed by atoms with Crippen molar-refractivity contribution >= 4 is 34.5 Å². The van der Waals surface area contributed by atoms with E-state index in [0.29, 0.717) is 16.3 Å². The van der Waals surface area contributed by atoms with Crippen LogP contribution < -0.4 is 10.6 Å². The van der Waals surface area contributed by atoms with Crippen molar-refractivity contribution in [1.82, 2.24) is 4.57 Å². The topological polar surface area (TPSA) is 63.1 Å². The van der Waals surface area contributed by atoms with Gasteiger partial charge in [-0.25, -0.2) is 0 Å². The summed E-state index contributed by atoms with van der Waals surface area (Å²) in [4.78, 5) is 24.9. The van der Waals surface area contributed by atoms with E-state index in [9.17, 15) is 9.59 Å². The van der Waals surface area contributed by atoms with Crippen LogP contribution in [0.15, 0.2) is 78.4 Å². The fourth-order valence-electron chi connectivity index (χ4n) is 3.30. The number of carbonyl (C=O) groups excluding carboxylic acids is 2. The maximum Gasteiger partial charge on any atom is 0.267 e. The molecule has 4 aromatic rings. The molecule has 0 radical (unpaired) electrons. The largest absolute Gasteiger partial charge is 0.326 e. The molecule has 4 rings (SSSR count). The van der Waals surface area contributed by atoms with Crippen molar-refractivity contribution in [3.05, 3.63) is 88.9 Å². The minimum absolute atomic E-state index is 0.134. The Morgan fingerprint density at radius 3 is 2.20 bits per heavy atom. The van der Waals surface area contributed by atoms with Crippen LogP contribution in [0.1, 0.15) is 22.2 Å². The number of rotatable bonds is 5. The number of nitrogens with zero attached hydrogens (tertiary/aromatic N) is 1. The van der Waals surface area contributed by atoms with E-state index < -0.39 is 0 Å². The second kappa shape index (κ2) is 8.39. The second-order valence-corrected chi connectivity index (χ2v) is 7.88. The van der Waals surface area contributed by atoms with Gasteiger partial charge in [-0.2, -0.15) is 0 Å². The molecule has 2 amide bonds. The number of amides is 2. The van der Waals surface area contributed by atoms with Gasteiger partial charge in [-0.05, 0) is 48.9 Å². The molecule has 5 nitrogen and oxygen atoms in total. The van der Waals surface area contributed by atoms with Crippen LogP contribution in [-0.2, 0) is 4.79 Å². The first-order chi connectivity index (χ1) is 14.5. The number of thiophene rings is 1. The molecular weight excluding hydrogens is 394 g/mol. The molecule has 0 saturated carbocycles. The molecule has 0 saturated heterocycles. The Kier molecular flexibility index (Phi) is 5.50. The van der Waals surface area contributed by atoms with Crippen molar-refractivity contribution in [3.8, 4) is 16.8 Å². The van der Waals surface area contributed by atoms with Crippen molar-refractivity contribution in [2.45, 2.75) is 13.8 Å². The number of benzene rings is 2. The summed E-state index contributed by atoms with van der Waals surface area (Å²) >= 11 is 1.42. The summed E-state index contributed by atoms with van der Waals surface area (Å²) in [5.41, 5.74) is 5.48. The van der Waals surface area contributed by atoms with Crippen molar-refractivity contribution < 1.29 is 9.59 Å². The average molecular weight is 416 g/mol. The van der Waals surface area contributed by atoms with E-state index >= 15 is 0 Å². The van der Waals surface area contributed by atoms with Gasteiger partial charge in [-0.15, -0.1) is 11.3 Å². The van der Waals surface area contributed by atoms with Crippen LogP contribution in [0.3, 0.4) is 0 Å². The highest BCUT2D eigenvalue weighted by molar-refractivity contribution is 7.13. The van der Waals surface area contributed by atoms with Gasteiger partial charge in [0.2, 0.25) is 5.91 Å². The SMILES string of the molecule is CC(=O)Nc1ccc(NC(=O)c2scc(-c3cccc(C)c3)c2-n2cccc2)cc1. The standard InChI is InChI=1S/C24H21N3O2S/c1-16-6-5-7-18(14-16)21-15-30-23(22(21)27-12-3-4-13-27)24(29)26-20-10-8-19(9-11-20)25-17(2)28/h3-15H,1-2H3,(H,25,28)(H,26,29). The lowest BCUT2D eigenvalue weighted by Crippen LogP contribution is -2.13. The van der Waals surface area contributed by atoms with E-state index in [-0.39, 0.29) is 11.8 Å². The number of aryl methyl sites for hydroxylation is 1. The van der Waals surface area contributed by atoms with Gasteiger partial charge in [-0.3, -0.25) is 9.59 Å². The quantitative estimate of drug-likeness (QED) is 0.438. The Labute approximate surface area is 179 Å². The molecule has 0 bridgehead atoms. The summed E-state index contributed by atoms with van der Waals surface area (Å²) in [5, 5.41) is 7.71. The van der Waals surface area contributed by atoms with Crippen molar-refractivity contribution in [2.75, 3.05) is 10.6 Å². The third kappa shape index (κ3) is 4.18. The Balaban J connectivity index is 1.67. The first-order valence-electron chi connectivity index (χ1n) is 9.52. The van der Waals surface area contributed by atoms with E-state index in [0.717, 1.165) is 16.8 Å². The van der Waals surface area contributed by atoms with E-state index in [1.165, 1.54) is 23.8 Å². The molecule has 2 aromatic carbocycles. The van der Waals surface area contributed by atoms with Gasteiger partial charge in [0, 0.05) is 41.6 Å². The molecule has 0 aliphatic carbocycles. The highest BCUT2D eigenvalue weighted by Gasteiger charge is 2.20. The first-order valence-corrected chi connectivity index (χ1v) is 10.4. The number of nitrogens with one attached hydrogen (secondary N) is 2. The summed E-state index contributed by atoms with van der Waals surface area (Å²) in [5.74, 6) is -0.305. The van der Waals surface area contributed by atoms with Crippen molar-refractivity contribution in [3.63, 3.8) is 0 Å². The Hall–Kier alpha value is -3.64. The van der Waals surface area contributed by atoms with Crippen LogP contribution >= 0.6 is 11.3 Å². The highest BCUT2D eigenvalue weighted by Crippen LogP contribution is 2.35. The molecule has 0 atom stereocenters. The average Bonchev–Trinajstić information content (AvgIpc) is 3.38. The maximum atomic E-state index is 13.1.